The average Bonchev–Trinajstić information content (AvgIpc) is 2.57. The van der Waals surface area contributed by atoms with Gasteiger partial charge in [-0.2, -0.15) is 0 Å². The molecule has 2 aromatic carbocycles. The summed E-state index contributed by atoms with van der Waals surface area (Å²) in [5.74, 6) is -1.10. The third-order valence-corrected chi connectivity index (χ3v) is 4.17. The molecule has 0 saturated heterocycles. The number of benzene rings is 2. The Labute approximate surface area is 133 Å². The first-order valence-corrected chi connectivity index (χ1v) is 7.49. The lowest BCUT2D eigenvalue weighted by Gasteiger charge is -2.16. The van der Waals surface area contributed by atoms with Gasteiger partial charge < -0.3 is 9.67 Å². The fraction of sp³-hybridized carbons (Fsp3) is 0.158. The van der Waals surface area contributed by atoms with Gasteiger partial charge in [-0.1, -0.05) is 49.4 Å². The van der Waals surface area contributed by atoms with E-state index in [1.807, 2.05) is 43.3 Å². The van der Waals surface area contributed by atoms with Gasteiger partial charge in [0.15, 0.2) is 0 Å². The highest BCUT2D eigenvalue weighted by Gasteiger charge is 2.22. The molecule has 3 aromatic rings. The Morgan fingerprint density at radius 3 is 2.30 bits per heavy atom. The maximum absolute atomic E-state index is 12.5. The molecule has 0 aliphatic carbocycles. The molecule has 0 bridgehead atoms. The van der Waals surface area contributed by atoms with E-state index in [-0.39, 0.29) is 11.3 Å². The van der Waals surface area contributed by atoms with Crippen LogP contribution in [0.3, 0.4) is 0 Å². The number of aromatic carboxylic acids is 1. The van der Waals surface area contributed by atoms with Crippen LogP contribution in [0, 0.1) is 0 Å². The number of fused-ring (bicyclic) bond motifs is 1. The summed E-state index contributed by atoms with van der Waals surface area (Å²) in [5.41, 5.74) is 2.25. The number of nitrogens with zero attached hydrogens (tertiary/aromatic N) is 1. The van der Waals surface area contributed by atoms with E-state index in [1.54, 1.807) is 12.1 Å². The summed E-state index contributed by atoms with van der Waals surface area (Å²) in [6.07, 6.45) is 0.784. The van der Waals surface area contributed by atoms with Gasteiger partial charge in [-0.15, -0.1) is 0 Å². The minimum atomic E-state index is -1.10. The molecule has 0 atom stereocenters. The van der Waals surface area contributed by atoms with Crippen molar-refractivity contribution >= 4 is 16.7 Å². The smallest absolute Gasteiger partial charge is 0.353 e. The van der Waals surface area contributed by atoms with Crippen molar-refractivity contribution in [3.8, 4) is 11.1 Å². The molecule has 116 valence electrons. The van der Waals surface area contributed by atoms with Gasteiger partial charge in [-0.3, -0.25) is 4.79 Å². The Bertz CT molecular complexity index is 970. The summed E-state index contributed by atoms with van der Waals surface area (Å²) in [5, 5.41) is 10.9. The van der Waals surface area contributed by atoms with Crippen LogP contribution in [0.2, 0.25) is 0 Å². The molecule has 1 N–H and O–H groups in total. The SMILES string of the molecule is CCc1ccccc1-c1c(C(=O)O)n(C)c(=O)c2ccccc12. The van der Waals surface area contributed by atoms with Crippen LogP contribution in [0.15, 0.2) is 53.3 Å². The molecular formula is C19H17NO3. The van der Waals surface area contributed by atoms with Crippen LogP contribution in [-0.4, -0.2) is 15.6 Å². The third kappa shape index (κ3) is 2.32. The van der Waals surface area contributed by atoms with Gasteiger partial charge in [0.1, 0.15) is 5.69 Å². The quantitative estimate of drug-likeness (QED) is 0.806. The van der Waals surface area contributed by atoms with Crippen LogP contribution in [0.4, 0.5) is 0 Å². The number of carboxylic acids is 1. The Morgan fingerprint density at radius 2 is 1.65 bits per heavy atom. The zero-order valence-electron chi connectivity index (χ0n) is 13.0. The van der Waals surface area contributed by atoms with Crippen molar-refractivity contribution in [3.63, 3.8) is 0 Å². The van der Waals surface area contributed by atoms with Gasteiger partial charge in [0.2, 0.25) is 0 Å². The van der Waals surface area contributed by atoms with E-state index in [4.69, 9.17) is 0 Å². The Balaban J connectivity index is 2.58. The number of hydrogen-bond donors (Lipinski definition) is 1. The maximum atomic E-state index is 12.5. The molecule has 0 saturated carbocycles. The van der Waals surface area contributed by atoms with Crippen molar-refractivity contribution in [1.29, 1.82) is 0 Å². The number of hydrogen-bond acceptors (Lipinski definition) is 2. The van der Waals surface area contributed by atoms with Gasteiger partial charge in [-0.25, -0.2) is 4.79 Å². The van der Waals surface area contributed by atoms with Crippen LogP contribution < -0.4 is 5.56 Å². The summed E-state index contributed by atoms with van der Waals surface area (Å²) in [6, 6.07) is 14.9. The second-order valence-electron chi connectivity index (χ2n) is 5.45. The maximum Gasteiger partial charge on any atom is 0.353 e. The van der Waals surface area contributed by atoms with Crippen LogP contribution in [-0.2, 0) is 13.5 Å². The molecular weight excluding hydrogens is 290 g/mol. The van der Waals surface area contributed by atoms with Crippen LogP contribution in [0.1, 0.15) is 23.0 Å². The lowest BCUT2D eigenvalue weighted by Crippen LogP contribution is -2.24. The standard InChI is InChI=1S/C19H17NO3/c1-3-12-8-4-5-9-13(12)16-14-10-6-7-11-15(14)18(21)20(2)17(16)19(22)23/h4-11H,3H2,1-2H3,(H,22,23). The highest BCUT2D eigenvalue weighted by atomic mass is 16.4. The van der Waals surface area contributed by atoms with Crippen molar-refractivity contribution in [2.24, 2.45) is 7.05 Å². The molecule has 0 fully saturated rings. The average molecular weight is 307 g/mol. The summed E-state index contributed by atoms with van der Waals surface area (Å²) < 4.78 is 1.23. The minimum Gasteiger partial charge on any atom is -0.477 e. The van der Waals surface area contributed by atoms with E-state index >= 15 is 0 Å². The van der Waals surface area contributed by atoms with Gasteiger partial charge >= 0.3 is 5.97 Å². The zero-order valence-corrected chi connectivity index (χ0v) is 13.0. The molecule has 0 unspecified atom stereocenters. The highest BCUT2D eigenvalue weighted by molar-refractivity contribution is 6.06. The number of rotatable bonds is 3. The van der Waals surface area contributed by atoms with Crippen molar-refractivity contribution in [3.05, 3.63) is 70.1 Å². The Hall–Kier alpha value is -2.88. The highest BCUT2D eigenvalue weighted by Crippen LogP contribution is 2.33. The molecule has 0 aliphatic rings. The van der Waals surface area contributed by atoms with E-state index < -0.39 is 5.97 Å². The van der Waals surface area contributed by atoms with E-state index in [2.05, 4.69) is 0 Å². The topological polar surface area (TPSA) is 59.3 Å². The fourth-order valence-electron chi connectivity index (χ4n) is 3.06. The number of carbonyl (C=O) groups is 1. The Morgan fingerprint density at radius 1 is 1.04 bits per heavy atom. The molecule has 23 heavy (non-hydrogen) atoms. The van der Waals surface area contributed by atoms with E-state index in [0.717, 1.165) is 17.5 Å². The molecule has 4 heteroatoms. The first-order valence-electron chi connectivity index (χ1n) is 7.49. The number of carboxylic acid groups (broad SMARTS) is 1. The molecule has 3 rings (SSSR count). The van der Waals surface area contributed by atoms with Gasteiger partial charge in [0, 0.05) is 18.0 Å². The molecule has 1 heterocycles. The second-order valence-corrected chi connectivity index (χ2v) is 5.45. The van der Waals surface area contributed by atoms with E-state index in [0.29, 0.717) is 16.3 Å². The van der Waals surface area contributed by atoms with Crippen molar-refractivity contribution in [2.45, 2.75) is 13.3 Å². The summed E-state index contributed by atoms with van der Waals surface area (Å²) in [4.78, 5) is 24.3. The number of aromatic nitrogens is 1. The normalized spacial score (nSPS) is 10.9. The monoisotopic (exact) mass is 307 g/mol. The van der Waals surface area contributed by atoms with Crippen molar-refractivity contribution < 1.29 is 9.90 Å². The molecule has 1 aromatic heterocycles. The molecule has 4 nitrogen and oxygen atoms in total. The van der Waals surface area contributed by atoms with Crippen LogP contribution in [0.25, 0.3) is 21.9 Å². The molecule has 0 amide bonds. The molecule has 0 radical (unpaired) electrons. The summed E-state index contributed by atoms with van der Waals surface area (Å²) >= 11 is 0. The number of pyridine rings is 1. The largest absolute Gasteiger partial charge is 0.477 e. The molecule has 0 spiro atoms. The van der Waals surface area contributed by atoms with E-state index in [9.17, 15) is 14.7 Å². The minimum absolute atomic E-state index is 0.0228. The van der Waals surface area contributed by atoms with Crippen LogP contribution in [0.5, 0.6) is 0 Å². The second kappa shape index (κ2) is 5.72. The first-order chi connectivity index (χ1) is 11.1. The Kier molecular flexibility index (Phi) is 3.74. The molecule has 0 aliphatic heterocycles. The van der Waals surface area contributed by atoms with Gasteiger partial charge in [0.05, 0.1) is 0 Å². The predicted molar refractivity (Wildman–Crippen MR) is 91.0 cm³/mol. The van der Waals surface area contributed by atoms with Crippen molar-refractivity contribution in [2.75, 3.05) is 0 Å². The van der Waals surface area contributed by atoms with Gasteiger partial charge in [-0.05, 0) is 29.0 Å². The van der Waals surface area contributed by atoms with E-state index in [1.165, 1.54) is 11.6 Å². The first kappa shape index (κ1) is 15.0. The summed E-state index contributed by atoms with van der Waals surface area (Å²) in [6.45, 7) is 2.03. The predicted octanol–water partition coefficient (Wildman–Crippen LogP) is 3.47. The summed E-state index contributed by atoms with van der Waals surface area (Å²) in [7, 11) is 1.51. The fourth-order valence-corrected chi connectivity index (χ4v) is 3.06. The van der Waals surface area contributed by atoms with Gasteiger partial charge in [0.25, 0.3) is 5.56 Å². The lowest BCUT2D eigenvalue weighted by atomic mass is 9.92. The zero-order chi connectivity index (χ0) is 16.6. The van der Waals surface area contributed by atoms with Crippen molar-refractivity contribution in [1.82, 2.24) is 4.57 Å². The number of aryl methyl sites for hydroxylation is 1. The third-order valence-electron chi connectivity index (χ3n) is 4.17. The lowest BCUT2D eigenvalue weighted by molar-refractivity contribution is 0.0686. The van der Waals surface area contributed by atoms with Crippen LogP contribution >= 0.6 is 0 Å².